The zero-order valence-electron chi connectivity index (χ0n) is 10.3. The van der Waals surface area contributed by atoms with Gasteiger partial charge in [-0.15, -0.1) is 0 Å². The molecule has 1 fully saturated rings. The first-order chi connectivity index (χ1) is 8.24. The van der Waals surface area contributed by atoms with Crippen LogP contribution in [0.5, 0.6) is 0 Å². The smallest absolute Gasteiger partial charge is 0.233 e. The quantitative estimate of drug-likeness (QED) is 0.778. The van der Waals surface area contributed by atoms with Gasteiger partial charge in [-0.2, -0.15) is 0 Å². The van der Waals surface area contributed by atoms with Gasteiger partial charge in [0.15, 0.2) is 0 Å². The molecule has 0 aromatic heterocycles. The van der Waals surface area contributed by atoms with Gasteiger partial charge < -0.3 is 10.6 Å². The molecule has 0 atom stereocenters. The molecule has 0 aliphatic heterocycles. The fourth-order valence-electron chi connectivity index (χ4n) is 1.69. The molecule has 1 aromatic carbocycles. The van der Waals surface area contributed by atoms with Crippen molar-refractivity contribution < 1.29 is 4.79 Å². The minimum absolute atomic E-state index is 0.101. The monoisotopic (exact) mass is 232 g/mol. The number of hydrogen-bond acceptors (Lipinski definition) is 2. The Morgan fingerprint density at radius 2 is 2.00 bits per heavy atom. The lowest BCUT2D eigenvalue weighted by Gasteiger charge is -2.06. The molecule has 1 amide bonds. The van der Waals surface area contributed by atoms with E-state index >= 15 is 0 Å². The average molecular weight is 232 g/mol. The highest BCUT2D eigenvalue weighted by atomic mass is 16.1. The van der Waals surface area contributed by atoms with Crippen molar-refractivity contribution in [1.82, 2.24) is 10.6 Å². The van der Waals surface area contributed by atoms with Gasteiger partial charge in [0.2, 0.25) is 5.91 Å². The first kappa shape index (κ1) is 12.1. The largest absolute Gasteiger partial charge is 0.355 e. The molecular weight excluding hydrogens is 212 g/mol. The molecule has 0 unspecified atom stereocenters. The molecular formula is C14H20N2O. The van der Waals surface area contributed by atoms with Crippen molar-refractivity contribution in [3.05, 3.63) is 35.4 Å². The number of carbonyl (C=O) groups excluding carboxylic acids is 1. The SMILES string of the molecule is Cc1ccc(CCNC(=O)CNC2CC2)cc1. The van der Waals surface area contributed by atoms with Gasteiger partial charge in [-0.25, -0.2) is 0 Å². The van der Waals surface area contributed by atoms with Crippen LogP contribution in [0.2, 0.25) is 0 Å². The summed E-state index contributed by atoms with van der Waals surface area (Å²) in [6, 6.07) is 9.03. The van der Waals surface area contributed by atoms with Crippen LogP contribution in [0.25, 0.3) is 0 Å². The normalized spacial score (nSPS) is 14.6. The van der Waals surface area contributed by atoms with Crippen LogP contribution in [0.3, 0.4) is 0 Å². The Bertz CT molecular complexity index is 368. The van der Waals surface area contributed by atoms with Gasteiger partial charge in [0.05, 0.1) is 6.54 Å². The number of amides is 1. The molecule has 17 heavy (non-hydrogen) atoms. The summed E-state index contributed by atoms with van der Waals surface area (Å²) < 4.78 is 0. The van der Waals surface area contributed by atoms with Crippen molar-refractivity contribution in [2.45, 2.75) is 32.2 Å². The maximum atomic E-state index is 11.4. The van der Waals surface area contributed by atoms with E-state index in [1.807, 2.05) is 0 Å². The maximum absolute atomic E-state index is 11.4. The predicted octanol–water partition coefficient (Wildman–Crippen LogP) is 1.41. The third-order valence-electron chi connectivity index (χ3n) is 2.99. The summed E-state index contributed by atoms with van der Waals surface area (Å²) in [5.74, 6) is 0.101. The highest BCUT2D eigenvalue weighted by molar-refractivity contribution is 5.78. The zero-order chi connectivity index (χ0) is 12.1. The van der Waals surface area contributed by atoms with E-state index in [-0.39, 0.29) is 5.91 Å². The van der Waals surface area contributed by atoms with Crippen molar-refractivity contribution >= 4 is 5.91 Å². The Morgan fingerprint density at radius 1 is 1.29 bits per heavy atom. The van der Waals surface area contributed by atoms with Gasteiger partial charge in [-0.3, -0.25) is 4.79 Å². The Hall–Kier alpha value is -1.35. The zero-order valence-corrected chi connectivity index (χ0v) is 10.3. The Balaban J connectivity index is 1.61. The van der Waals surface area contributed by atoms with Gasteiger partial charge in [0.25, 0.3) is 0 Å². The van der Waals surface area contributed by atoms with Crippen LogP contribution in [0.1, 0.15) is 24.0 Å². The van der Waals surface area contributed by atoms with Crippen molar-refractivity contribution in [2.75, 3.05) is 13.1 Å². The van der Waals surface area contributed by atoms with E-state index in [2.05, 4.69) is 41.8 Å². The summed E-state index contributed by atoms with van der Waals surface area (Å²) >= 11 is 0. The van der Waals surface area contributed by atoms with Crippen molar-refractivity contribution in [2.24, 2.45) is 0 Å². The van der Waals surface area contributed by atoms with Gasteiger partial charge in [-0.05, 0) is 31.7 Å². The van der Waals surface area contributed by atoms with Crippen molar-refractivity contribution in [1.29, 1.82) is 0 Å². The lowest BCUT2D eigenvalue weighted by atomic mass is 10.1. The standard InChI is InChI=1S/C14H20N2O/c1-11-2-4-12(5-3-11)8-9-15-14(17)10-16-13-6-7-13/h2-5,13,16H,6-10H2,1H3,(H,15,17). The van der Waals surface area contributed by atoms with Crippen LogP contribution in [0, 0.1) is 6.92 Å². The second-order valence-electron chi connectivity index (χ2n) is 4.74. The number of nitrogens with one attached hydrogen (secondary N) is 2. The molecule has 2 rings (SSSR count). The van der Waals surface area contributed by atoms with Crippen LogP contribution in [-0.2, 0) is 11.2 Å². The molecule has 0 heterocycles. The first-order valence-corrected chi connectivity index (χ1v) is 6.29. The van der Waals surface area contributed by atoms with Crippen molar-refractivity contribution in [3.63, 3.8) is 0 Å². The van der Waals surface area contributed by atoms with Crippen molar-refractivity contribution in [3.8, 4) is 0 Å². The van der Waals surface area contributed by atoms with E-state index in [1.54, 1.807) is 0 Å². The van der Waals surface area contributed by atoms with E-state index in [9.17, 15) is 4.79 Å². The number of aryl methyl sites for hydroxylation is 1. The fraction of sp³-hybridized carbons (Fsp3) is 0.500. The first-order valence-electron chi connectivity index (χ1n) is 6.29. The number of rotatable bonds is 6. The highest BCUT2D eigenvalue weighted by Crippen LogP contribution is 2.17. The molecule has 3 nitrogen and oxygen atoms in total. The topological polar surface area (TPSA) is 41.1 Å². The van der Waals surface area contributed by atoms with Crippen LogP contribution in [0.15, 0.2) is 24.3 Å². The van der Waals surface area contributed by atoms with Gasteiger partial charge in [0, 0.05) is 12.6 Å². The number of hydrogen-bond donors (Lipinski definition) is 2. The molecule has 0 radical (unpaired) electrons. The van der Waals surface area contributed by atoms with E-state index in [4.69, 9.17) is 0 Å². The van der Waals surface area contributed by atoms with Gasteiger partial charge in [0.1, 0.15) is 0 Å². The highest BCUT2D eigenvalue weighted by Gasteiger charge is 2.20. The summed E-state index contributed by atoms with van der Waals surface area (Å²) in [6.45, 7) is 3.25. The predicted molar refractivity (Wildman–Crippen MR) is 68.9 cm³/mol. The van der Waals surface area contributed by atoms with Gasteiger partial charge >= 0.3 is 0 Å². The molecule has 0 bridgehead atoms. The second kappa shape index (κ2) is 5.82. The summed E-state index contributed by atoms with van der Waals surface area (Å²) in [6.07, 6.45) is 3.34. The van der Waals surface area contributed by atoms with Crippen LogP contribution >= 0.6 is 0 Å². The molecule has 0 spiro atoms. The Morgan fingerprint density at radius 3 is 2.65 bits per heavy atom. The van der Waals surface area contributed by atoms with Crippen LogP contribution in [0.4, 0.5) is 0 Å². The Labute approximate surface area is 103 Å². The Kier molecular flexibility index (Phi) is 4.15. The van der Waals surface area contributed by atoms with E-state index in [1.165, 1.54) is 24.0 Å². The summed E-state index contributed by atoms with van der Waals surface area (Å²) in [5, 5.41) is 6.13. The fourth-order valence-corrected chi connectivity index (χ4v) is 1.69. The third-order valence-corrected chi connectivity index (χ3v) is 2.99. The lowest BCUT2D eigenvalue weighted by Crippen LogP contribution is -2.35. The number of carbonyl (C=O) groups is 1. The van der Waals surface area contributed by atoms with Crippen LogP contribution in [-0.4, -0.2) is 25.0 Å². The summed E-state index contributed by atoms with van der Waals surface area (Å²) in [7, 11) is 0. The third kappa shape index (κ3) is 4.57. The summed E-state index contributed by atoms with van der Waals surface area (Å²) in [4.78, 5) is 11.4. The maximum Gasteiger partial charge on any atom is 0.233 e. The molecule has 3 heteroatoms. The van der Waals surface area contributed by atoms with Gasteiger partial charge in [-0.1, -0.05) is 29.8 Å². The van der Waals surface area contributed by atoms with E-state index < -0.39 is 0 Å². The summed E-state index contributed by atoms with van der Waals surface area (Å²) in [5.41, 5.74) is 2.54. The number of benzene rings is 1. The molecule has 92 valence electrons. The molecule has 1 aliphatic rings. The second-order valence-corrected chi connectivity index (χ2v) is 4.74. The molecule has 1 aliphatic carbocycles. The lowest BCUT2D eigenvalue weighted by molar-refractivity contribution is -0.120. The van der Waals surface area contributed by atoms with Crippen LogP contribution < -0.4 is 10.6 Å². The molecule has 1 saturated carbocycles. The minimum atomic E-state index is 0.101. The molecule has 0 saturated heterocycles. The average Bonchev–Trinajstić information content (AvgIpc) is 3.13. The minimum Gasteiger partial charge on any atom is -0.355 e. The molecule has 2 N–H and O–H groups in total. The van der Waals surface area contributed by atoms with E-state index in [0.717, 1.165) is 6.42 Å². The molecule has 1 aromatic rings. The van der Waals surface area contributed by atoms with E-state index in [0.29, 0.717) is 19.1 Å².